The summed E-state index contributed by atoms with van der Waals surface area (Å²) in [6.07, 6.45) is 8.63. The van der Waals surface area contributed by atoms with E-state index in [-0.39, 0.29) is 0 Å². The molecule has 1 aliphatic heterocycles. The fourth-order valence-corrected chi connectivity index (χ4v) is 2.41. The van der Waals surface area contributed by atoms with Crippen molar-refractivity contribution >= 4 is 0 Å². The third kappa shape index (κ3) is 4.00. The highest BCUT2D eigenvalue weighted by molar-refractivity contribution is 4.80. The van der Waals surface area contributed by atoms with E-state index < -0.39 is 0 Å². The molecular formula is C13H27N. The Kier molecular flexibility index (Phi) is 5.54. The summed E-state index contributed by atoms with van der Waals surface area (Å²) in [4.78, 5) is 2.43. The Hall–Kier alpha value is -0.0400. The van der Waals surface area contributed by atoms with Gasteiger partial charge in [0.05, 0.1) is 0 Å². The van der Waals surface area contributed by atoms with Gasteiger partial charge in [0.15, 0.2) is 0 Å². The Labute approximate surface area is 89.9 Å². The lowest BCUT2D eigenvalue weighted by Gasteiger charge is -2.40. The number of likely N-dealkylation sites (tertiary alicyclic amines) is 1. The van der Waals surface area contributed by atoms with Crippen LogP contribution in [0.1, 0.15) is 52.4 Å². The Morgan fingerprint density at radius 2 is 1.79 bits per heavy atom. The van der Waals surface area contributed by atoms with Gasteiger partial charge in [-0.3, -0.25) is 0 Å². The SMILES string of the molecule is CCCCCCCC(C)C1CN(C)C1. The molecule has 0 N–H and O–H groups in total. The van der Waals surface area contributed by atoms with Gasteiger partial charge in [0, 0.05) is 13.1 Å². The van der Waals surface area contributed by atoms with Crippen LogP contribution in [-0.2, 0) is 0 Å². The van der Waals surface area contributed by atoms with E-state index in [1.807, 2.05) is 0 Å². The Balaban J connectivity index is 1.90. The molecule has 1 fully saturated rings. The van der Waals surface area contributed by atoms with Gasteiger partial charge in [-0.25, -0.2) is 0 Å². The molecule has 0 aromatic carbocycles. The van der Waals surface area contributed by atoms with Crippen molar-refractivity contribution in [3.63, 3.8) is 0 Å². The van der Waals surface area contributed by atoms with Crippen molar-refractivity contribution in [3.8, 4) is 0 Å². The maximum atomic E-state index is 2.44. The molecular weight excluding hydrogens is 170 g/mol. The number of nitrogens with zero attached hydrogens (tertiary/aromatic N) is 1. The van der Waals surface area contributed by atoms with E-state index in [1.54, 1.807) is 0 Å². The molecule has 0 aromatic heterocycles. The molecule has 1 heterocycles. The fourth-order valence-electron chi connectivity index (χ4n) is 2.41. The zero-order valence-electron chi connectivity index (χ0n) is 10.3. The molecule has 0 aromatic rings. The molecule has 1 aliphatic rings. The summed E-state index contributed by atoms with van der Waals surface area (Å²) in [6, 6.07) is 0. The Morgan fingerprint density at radius 3 is 2.36 bits per heavy atom. The van der Waals surface area contributed by atoms with Crippen LogP contribution < -0.4 is 0 Å². The lowest BCUT2D eigenvalue weighted by atomic mass is 9.84. The van der Waals surface area contributed by atoms with Crippen LogP contribution in [0.5, 0.6) is 0 Å². The van der Waals surface area contributed by atoms with E-state index in [9.17, 15) is 0 Å². The van der Waals surface area contributed by atoms with Crippen LogP contribution in [0, 0.1) is 11.8 Å². The van der Waals surface area contributed by atoms with Gasteiger partial charge in [-0.15, -0.1) is 0 Å². The Bertz CT molecular complexity index is 138. The molecule has 0 spiro atoms. The highest BCUT2D eigenvalue weighted by atomic mass is 15.2. The highest BCUT2D eigenvalue weighted by Gasteiger charge is 2.27. The minimum Gasteiger partial charge on any atom is -0.306 e. The standard InChI is InChI=1S/C13H27N/c1-4-5-6-7-8-9-12(2)13-10-14(3)11-13/h12-13H,4-11H2,1-3H3. The predicted octanol–water partition coefficient (Wildman–Crippen LogP) is 3.54. The van der Waals surface area contributed by atoms with E-state index in [0.717, 1.165) is 11.8 Å². The summed E-state index contributed by atoms with van der Waals surface area (Å²) in [7, 11) is 2.23. The highest BCUT2D eigenvalue weighted by Crippen LogP contribution is 2.26. The van der Waals surface area contributed by atoms with Crippen molar-refractivity contribution < 1.29 is 0 Å². The van der Waals surface area contributed by atoms with Crippen LogP contribution in [0.3, 0.4) is 0 Å². The average Bonchev–Trinajstić information content (AvgIpc) is 2.12. The molecule has 1 atom stereocenters. The fraction of sp³-hybridized carbons (Fsp3) is 1.00. The van der Waals surface area contributed by atoms with Crippen molar-refractivity contribution in [1.82, 2.24) is 4.90 Å². The number of hydrogen-bond donors (Lipinski definition) is 0. The van der Waals surface area contributed by atoms with Crippen molar-refractivity contribution in [2.24, 2.45) is 11.8 Å². The van der Waals surface area contributed by atoms with Crippen LogP contribution in [0.25, 0.3) is 0 Å². The molecule has 0 bridgehead atoms. The first-order valence-corrected chi connectivity index (χ1v) is 6.42. The zero-order valence-corrected chi connectivity index (χ0v) is 10.3. The van der Waals surface area contributed by atoms with Crippen LogP contribution >= 0.6 is 0 Å². The molecule has 1 unspecified atom stereocenters. The third-order valence-corrected chi connectivity index (χ3v) is 3.66. The van der Waals surface area contributed by atoms with Gasteiger partial charge in [0.2, 0.25) is 0 Å². The monoisotopic (exact) mass is 197 g/mol. The van der Waals surface area contributed by atoms with Crippen LogP contribution in [0.4, 0.5) is 0 Å². The third-order valence-electron chi connectivity index (χ3n) is 3.66. The van der Waals surface area contributed by atoms with E-state index in [1.165, 1.54) is 51.6 Å². The average molecular weight is 197 g/mol. The summed E-state index contributed by atoms with van der Waals surface area (Å²) < 4.78 is 0. The van der Waals surface area contributed by atoms with Gasteiger partial charge in [0.25, 0.3) is 0 Å². The lowest BCUT2D eigenvalue weighted by Crippen LogP contribution is -2.46. The summed E-state index contributed by atoms with van der Waals surface area (Å²) in [5.41, 5.74) is 0. The Morgan fingerprint density at radius 1 is 1.14 bits per heavy atom. The minimum absolute atomic E-state index is 0.966. The smallest absolute Gasteiger partial charge is 0.00215 e. The van der Waals surface area contributed by atoms with Gasteiger partial charge >= 0.3 is 0 Å². The molecule has 84 valence electrons. The lowest BCUT2D eigenvalue weighted by molar-refractivity contribution is 0.0850. The molecule has 0 amide bonds. The minimum atomic E-state index is 0.966. The van der Waals surface area contributed by atoms with Gasteiger partial charge in [-0.05, 0) is 18.9 Å². The molecule has 14 heavy (non-hydrogen) atoms. The van der Waals surface area contributed by atoms with Gasteiger partial charge in [0.1, 0.15) is 0 Å². The maximum absolute atomic E-state index is 2.44. The predicted molar refractivity (Wildman–Crippen MR) is 63.5 cm³/mol. The van der Waals surface area contributed by atoms with Crippen LogP contribution in [0.2, 0.25) is 0 Å². The second-order valence-corrected chi connectivity index (χ2v) is 5.16. The number of hydrogen-bond acceptors (Lipinski definition) is 1. The van der Waals surface area contributed by atoms with E-state index >= 15 is 0 Å². The molecule has 1 rings (SSSR count). The largest absolute Gasteiger partial charge is 0.306 e. The van der Waals surface area contributed by atoms with Crippen LogP contribution in [0.15, 0.2) is 0 Å². The zero-order chi connectivity index (χ0) is 10.4. The van der Waals surface area contributed by atoms with Crippen molar-refractivity contribution in [2.75, 3.05) is 20.1 Å². The molecule has 0 radical (unpaired) electrons. The second-order valence-electron chi connectivity index (χ2n) is 5.16. The van der Waals surface area contributed by atoms with E-state index in [4.69, 9.17) is 0 Å². The first kappa shape index (κ1) is 12.0. The number of unbranched alkanes of at least 4 members (excludes halogenated alkanes) is 4. The molecule has 1 nitrogen and oxygen atoms in total. The van der Waals surface area contributed by atoms with E-state index in [2.05, 4.69) is 25.8 Å². The summed E-state index contributed by atoms with van der Waals surface area (Å²) in [5, 5.41) is 0. The molecule has 0 saturated carbocycles. The molecule has 1 saturated heterocycles. The van der Waals surface area contributed by atoms with Gasteiger partial charge in [-0.2, -0.15) is 0 Å². The normalized spacial score (nSPS) is 20.8. The van der Waals surface area contributed by atoms with Crippen molar-refractivity contribution in [2.45, 2.75) is 52.4 Å². The maximum Gasteiger partial charge on any atom is 0.00215 e. The van der Waals surface area contributed by atoms with Gasteiger partial charge < -0.3 is 4.90 Å². The molecule has 0 aliphatic carbocycles. The molecule has 1 heteroatoms. The summed E-state index contributed by atoms with van der Waals surface area (Å²) in [6.45, 7) is 7.41. The summed E-state index contributed by atoms with van der Waals surface area (Å²) in [5.74, 6) is 1.97. The van der Waals surface area contributed by atoms with Crippen molar-refractivity contribution in [3.05, 3.63) is 0 Å². The quantitative estimate of drug-likeness (QED) is 0.564. The first-order valence-electron chi connectivity index (χ1n) is 6.42. The number of rotatable bonds is 7. The topological polar surface area (TPSA) is 3.24 Å². The van der Waals surface area contributed by atoms with Crippen LogP contribution in [-0.4, -0.2) is 25.0 Å². The second kappa shape index (κ2) is 6.44. The summed E-state index contributed by atoms with van der Waals surface area (Å²) >= 11 is 0. The first-order chi connectivity index (χ1) is 6.74. The van der Waals surface area contributed by atoms with E-state index in [0.29, 0.717) is 0 Å². The van der Waals surface area contributed by atoms with Gasteiger partial charge in [-0.1, -0.05) is 52.4 Å². The van der Waals surface area contributed by atoms with Crippen molar-refractivity contribution in [1.29, 1.82) is 0 Å².